The standard InChI is InChI=1S/C25H19FN6O2/c1-32-13-19(23(31-32)15-6-4-3-5-7-15)24-18-9-21(22(34-2)10-20(18)28-14-29-24)30-25(33)16-8-17(26)12-27-11-16/h3-14H,1-2H3,(H,30,33). The predicted octanol–water partition coefficient (Wildman–Crippen LogP) is 4.49. The molecule has 0 saturated carbocycles. The fourth-order valence-electron chi connectivity index (χ4n) is 3.77. The van der Waals surface area contributed by atoms with Crippen molar-refractivity contribution in [3.8, 4) is 28.3 Å². The number of ether oxygens (including phenoxy) is 1. The monoisotopic (exact) mass is 454 g/mol. The van der Waals surface area contributed by atoms with E-state index in [1.807, 2.05) is 43.6 Å². The SMILES string of the molecule is COc1cc2ncnc(-c3cn(C)nc3-c3ccccc3)c2cc1NC(=O)c1cncc(F)c1. The van der Waals surface area contributed by atoms with Crippen molar-refractivity contribution >= 4 is 22.5 Å². The van der Waals surface area contributed by atoms with E-state index in [2.05, 4.69) is 25.4 Å². The number of amides is 1. The van der Waals surface area contributed by atoms with Gasteiger partial charge in [0.05, 0.1) is 35.8 Å². The molecule has 0 bridgehead atoms. The normalized spacial score (nSPS) is 10.9. The number of methoxy groups -OCH3 is 1. The number of halogens is 1. The first-order chi connectivity index (χ1) is 16.5. The van der Waals surface area contributed by atoms with Crippen LogP contribution in [0, 0.1) is 5.82 Å². The van der Waals surface area contributed by atoms with Crippen molar-refractivity contribution in [2.75, 3.05) is 12.4 Å². The van der Waals surface area contributed by atoms with Crippen LogP contribution >= 0.6 is 0 Å². The molecular formula is C25H19FN6O2. The van der Waals surface area contributed by atoms with Crippen molar-refractivity contribution in [3.05, 3.63) is 84.8 Å². The Morgan fingerprint density at radius 1 is 1.06 bits per heavy atom. The molecule has 0 aliphatic rings. The maximum Gasteiger partial charge on any atom is 0.257 e. The van der Waals surface area contributed by atoms with Crippen molar-refractivity contribution in [1.29, 1.82) is 0 Å². The molecule has 0 spiro atoms. The van der Waals surface area contributed by atoms with E-state index in [-0.39, 0.29) is 5.56 Å². The number of carbonyl (C=O) groups is 1. The molecule has 0 aliphatic carbocycles. The van der Waals surface area contributed by atoms with Gasteiger partial charge in [0.15, 0.2) is 0 Å². The summed E-state index contributed by atoms with van der Waals surface area (Å²) in [5.74, 6) is -0.711. The fourth-order valence-corrected chi connectivity index (χ4v) is 3.77. The Kier molecular flexibility index (Phi) is 5.43. The van der Waals surface area contributed by atoms with Crippen molar-refractivity contribution in [2.24, 2.45) is 7.05 Å². The van der Waals surface area contributed by atoms with Crippen molar-refractivity contribution in [3.63, 3.8) is 0 Å². The third-order valence-corrected chi connectivity index (χ3v) is 5.30. The quantitative estimate of drug-likeness (QED) is 0.420. The van der Waals surface area contributed by atoms with E-state index in [0.29, 0.717) is 28.0 Å². The smallest absolute Gasteiger partial charge is 0.257 e. The number of hydrogen-bond donors (Lipinski definition) is 1. The van der Waals surface area contributed by atoms with Crippen LogP contribution in [-0.4, -0.2) is 37.7 Å². The minimum atomic E-state index is -0.598. The summed E-state index contributed by atoms with van der Waals surface area (Å²) in [6, 6.07) is 14.4. The highest BCUT2D eigenvalue weighted by Crippen LogP contribution is 2.37. The van der Waals surface area contributed by atoms with Crippen molar-refractivity contribution < 1.29 is 13.9 Å². The summed E-state index contributed by atoms with van der Waals surface area (Å²) in [6.45, 7) is 0. The van der Waals surface area contributed by atoms with E-state index in [1.54, 1.807) is 16.8 Å². The lowest BCUT2D eigenvalue weighted by Crippen LogP contribution is -2.13. The van der Waals surface area contributed by atoms with E-state index in [9.17, 15) is 9.18 Å². The van der Waals surface area contributed by atoms with E-state index < -0.39 is 11.7 Å². The zero-order valence-corrected chi connectivity index (χ0v) is 18.4. The van der Waals surface area contributed by atoms with Gasteiger partial charge in [0.1, 0.15) is 23.6 Å². The molecule has 5 rings (SSSR count). The molecule has 0 unspecified atom stereocenters. The molecule has 3 heterocycles. The third kappa shape index (κ3) is 3.95. The highest BCUT2D eigenvalue weighted by Gasteiger charge is 2.19. The van der Waals surface area contributed by atoms with Gasteiger partial charge in [-0.05, 0) is 12.1 Å². The van der Waals surface area contributed by atoms with E-state index in [0.717, 1.165) is 29.1 Å². The number of carbonyl (C=O) groups excluding carboxylic acids is 1. The number of pyridine rings is 1. The number of benzene rings is 2. The summed E-state index contributed by atoms with van der Waals surface area (Å²) in [5, 5.41) is 8.11. The molecule has 3 aromatic heterocycles. The molecule has 9 heteroatoms. The molecule has 0 saturated heterocycles. The number of aromatic nitrogens is 5. The Balaban J connectivity index is 1.64. The molecule has 5 aromatic rings. The summed E-state index contributed by atoms with van der Waals surface area (Å²) < 4.78 is 20.8. The first-order valence-electron chi connectivity index (χ1n) is 10.4. The molecule has 168 valence electrons. The molecule has 34 heavy (non-hydrogen) atoms. The fraction of sp³-hybridized carbons (Fsp3) is 0.0800. The van der Waals surface area contributed by atoms with Crippen LogP contribution in [0.2, 0.25) is 0 Å². The van der Waals surface area contributed by atoms with Gasteiger partial charge >= 0.3 is 0 Å². The van der Waals surface area contributed by atoms with Crippen molar-refractivity contribution in [1.82, 2.24) is 24.7 Å². The molecule has 2 aromatic carbocycles. The topological polar surface area (TPSA) is 94.8 Å². The Labute approximate surface area is 194 Å². The van der Waals surface area contributed by atoms with Crippen LogP contribution < -0.4 is 10.1 Å². The Bertz CT molecular complexity index is 1520. The van der Waals surface area contributed by atoms with Crippen LogP contribution in [0.3, 0.4) is 0 Å². The lowest BCUT2D eigenvalue weighted by Gasteiger charge is -2.13. The lowest BCUT2D eigenvalue weighted by atomic mass is 10.0. The van der Waals surface area contributed by atoms with Crippen LogP contribution in [0.5, 0.6) is 5.75 Å². The van der Waals surface area contributed by atoms with Gasteiger partial charge in [-0.1, -0.05) is 30.3 Å². The first-order valence-corrected chi connectivity index (χ1v) is 10.4. The number of anilines is 1. The largest absolute Gasteiger partial charge is 0.494 e. The maximum absolute atomic E-state index is 13.5. The third-order valence-electron chi connectivity index (χ3n) is 5.30. The minimum absolute atomic E-state index is 0.0882. The Morgan fingerprint density at radius 3 is 2.65 bits per heavy atom. The van der Waals surface area contributed by atoms with E-state index >= 15 is 0 Å². The second-order valence-electron chi connectivity index (χ2n) is 7.57. The summed E-state index contributed by atoms with van der Waals surface area (Å²) in [4.78, 5) is 25.4. The van der Waals surface area contributed by atoms with Gasteiger partial charge < -0.3 is 10.1 Å². The second-order valence-corrected chi connectivity index (χ2v) is 7.57. The number of aryl methyl sites for hydroxylation is 1. The minimum Gasteiger partial charge on any atom is -0.494 e. The number of rotatable bonds is 5. The predicted molar refractivity (Wildman–Crippen MR) is 126 cm³/mol. The Hall–Kier alpha value is -4.66. The number of nitrogens with zero attached hydrogens (tertiary/aromatic N) is 5. The van der Waals surface area contributed by atoms with Gasteiger partial charge in [0.2, 0.25) is 0 Å². The highest BCUT2D eigenvalue weighted by atomic mass is 19.1. The van der Waals surface area contributed by atoms with Crippen LogP contribution in [0.15, 0.2) is 73.4 Å². The second kappa shape index (κ2) is 8.70. The van der Waals surface area contributed by atoms with Crippen LogP contribution in [0.4, 0.5) is 10.1 Å². The van der Waals surface area contributed by atoms with Gasteiger partial charge in [-0.3, -0.25) is 14.5 Å². The average molecular weight is 454 g/mol. The maximum atomic E-state index is 13.5. The van der Waals surface area contributed by atoms with Gasteiger partial charge in [-0.2, -0.15) is 5.10 Å². The Morgan fingerprint density at radius 2 is 1.88 bits per heavy atom. The molecular weight excluding hydrogens is 435 g/mol. The van der Waals surface area contributed by atoms with E-state index in [1.165, 1.54) is 19.6 Å². The molecule has 8 nitrogen and oxygen atoms in total. The van der Waals surface area contributed by atoms with Gasteiger partial charge in [0, 0.05) is 42.0 Å². The first kappa shape index (κ1) is 21.2. The van der Waals surface area contributed by atoms with Gasteiger partial charge in [0.25, 0.3) is 5.91 Å². The number of hydrogen-bond acceptors (Lipinski definition) is 6. The zero-order chi connectivity index (χ0) is 23.7. The van der Waals surface area contributed by atoms with Gasteiger partial charge in [-0.15, -0.1) is 0 Å². The number of fused-ring (bicyclic) bond motifs is 1. The summed E-state index contributed by atoms with van der Waals surface area (Å²) in [5.41, 5.74) is 4.31. The average Bonchev–Trinajstić information content (AvgIpc) is 3.25. The molecule has 1 N–H and O–H groups in total. The zero-order valence-electron chi connectivity index (χ0n) is 18.4. The van der Waals surface area contributed by atoms with Crippen molar-refractivity contribution in [2.45, 2.75) is 0 Å². The molecule has 0 aliphatic heterocycles. The summed E-state index contributed by atoms with van der Waals surface area (Å²) >= 11 is 0. The molecule has 1 amide bonds. The lowest BCUT2D eigenvalue weighted by molar-refractivity contribution is 0.102. The van der Waals surface area contributed by atoms with E-state index in [4.69, 9.17) is 4.74 Å². The highest BCUT2D eigenvalue weighted by molar-refractivity contribution is 6.07. The molecule has 0 fully saturated rings. The summed E-state index contributed by atoms with van der Waals surface area (Å²) in [7, 11) is 3.35. The molecule has 0 atom stereocenters. The van der Waals surface area contributed by atoms with Crippen LogP contribution in [0.25, 0.3) is 33.4 Å². The number of nitrogens with one attached hydrogen (secondary N) is 1. The molecule has 0 radical (unpaired) electrons. The summed E-state index contributed by atoms with van der Waals surface area (Å²) in [6.07, 6.45) is 5.71. The van der Waals surface area contributed by atoms with Gasteiger partial charge in [-0.25, -0.2) is 14.4 Å². The van der Waals surface area contributed by atoms with Crippen LogP contribution in [-0.2, 0) is 7.05 Å². The van der Waals surface area contributed by atoms with Crippen LogP contribution in [0.1, 0.15) is 10.4 Å².